The molecule has 0 atom stereocenters. The van der Waals surface area contributed by atoms with E-state index in [0.717, 1.165) is 0 Å². The molecule has 0 aromatic heterocycles. The Morgan fingerprint density at radius 1 is 0.368 bits per heavy atom. The zero-order valence-electron chi connectivity index (χ0n) is 16.9. The molecule has 0 aliphatic heterocycles. The summed E-state index contributed by atoms with van der Waals surface area (Å²) in [7, 11) is 0. The lowest BCUT2D eigenvalue weighted by molar-refractivity contribution is 0.106. The molecule has 4 nitrogen and oxygen atoms in total. The third-order valence-corrected chi connectivity index (χ3v) is 4.81. The van der Waals surface area contributed by atoms with Gasteiger partial charge in [0, 0.05) is 0 Å². The Labute approximate surface area is 209 Å². The van der Waals surface area contributed by atoms with Gasteiger partial charge in [-0.15, -0.1) is 0 Å². The SMILES string of the molecule is O=C(Cl)c1c(F)c(F)c(Oc2c(F)c(F)c(F)c(Oc3c(F)c(F)c(C(=O)Cl)c(F)c3F)c2F)c(F)c1F. The zero-order valence-corrected chi connectivity index (χ0v) is 18.4. The highest BCUT2D eigenvalue weighted by Gasteiger charge is 2.36. The summed E-state index contributed by atoms with van der Waals surface area (Å²) >= 11 is 9.54. The van der Waals surface area contributed by atoms with E-state index in [1.54, 1.807) is 0 Å². The van der Waals surface area contributed by atoms with E-state index < -0.39 is 114 Å². The number of carbonyl (C=O) groups is 2. The molecule has 0 N–H and O–H groups in total. The molecule has 0 bridgehead atoms. The minimum absolute atomic E-state index is 2.03. The number of hydrogen-bond acceptors (Lipinski definition) is 4. The lowest BCUT2D eigenvalue weighted by Crippen LogP contribution is -2.12. The van der Waals surface area contributed by atoms with Crippen LogP contribution in [0.25, 0.3) is 0 Å². The summed E-state index contributed by atoms with van der Waals surface area (Å²) < 4.78 is 177. The lowest BCUT2D eigenvalue weighted by Gasteiger charge is -2.16. The maximum absolute atomic E-state index is 14.8. The van der Waals surface area contributed by atoms with Crippen molar-refractivity contribution in [3.05, 3.63) is 80.9 Å². The standard InChI is InChI=1S/C20Cl2F12O4/c21-19(35)1-3(23)8(28)15(9(29)4(1)24)37-17-12(32)7(27)13(33)18(14(17)34)38-16-10(30)5(25)2(20(22)36)6(26)11(16)31. The van der Waals surface area contributed by atoms with E-state index in [9.17, 15) is 62.3 Å². The maximum Gasteiger partial charge on any atom is 0.258 e. The van der Waals surface area contributed by atoms with E-state index in [1.165, 1.54) is 0 Å². The van der Waals surface area contributed by atoms with Crippen LogP contribution in [0, 0.1) is 69.8 Å². The fourth-order valence-electron chi connectivity index (χ4n) is 2.72. The van der Waals surface area contributed by atoms with Crippen LogP contribution in [0.15, 0.2) is 0 Å². The largest absolute Gasteiger partial charge is 0.444 e. The van der Waals surface area contributed by atoms with Gasteiger partial charge in [-0.1, -0.05) is 0 Å². The van der Waals surface area contributed by atoms with Gasteiger partial charge in [-0.25, -0.2) is 22.0 Å². The summed E-state index contributed by atoms with van der Waals surface area (Å²) in [6, 6.07) is 0. The molecule has 38 heavy (non-hydrogen) atoms. The van der Waals surface area contributed by atoms with Gasteiger partial charge in [0.05, 0.1) is 0 Å². The quantitative estimate of drug-likeness (QED) is 0.126. The van der Waals surface area contributed by atoms with Gasteiger partial charge in [-0.05, 0) is 23.2 Å². The molecule has 3 aromatic carbocycles. The first-order valence-corrected chi connectivity index (χ1v) is 9.63. The average Bonchev–Trinajstić information content (AvgIpc) is 2.84. The molecule has 0 aliphatic rings. The van der Waals surface area contributed by atoms with Gasteiger partial charge in [-0.2, -0.15) is 30.7 Å². The molecule has 0 aliphatic carbocycles. The second-order valence-electron chi connectivity index (χ2n) is 6.59. The van der Waals surface area contributed by atoms with Crippen LogP contribution >= 0.6 is 23.2 Å². The Morgan fingerprint density at radius 3 is 0.816 bits per heavy atom. The molecule has 3 aromatic rings. The van der Waals surface area contributed by atoms with Crippen molar-refractivity contribution >= 4 is 33.7 Å². The van der Waals surface area contributed by atoms with Gasteiger partial charge >= 0.3 is 0 Å². The topological polar surface area (TPSA) is 52.6 Å². The predicted octanol–water partition coefficient (Wildman–Crippen LogP) is 7.70. The molecule has 3 rings (SSSR count). The van der Waals surface area contributed by atoms with Crippen molar-refractivity contribution in [2.24, 2.45) is 0 Å². The first-order chi connectivity index (χ1) is 17.5. The van der Waals surface area contributed by atoms with Crippen LogP contribution in [0.3, 0.4) is 0 Å². The molecule has 18 heteroatoms. The Morgan fingerprint density at radius 2 is 0.579 bits per heavy atom. The van der Waals surface area contributed by atoms with Crippen molar-refractivity contribution in [3.63, 3.8) is 0 Å². The monoisotopic (exact) mass is 602 g/mol. The third kappa shape index (κ3) is 4.47. The maximum atomic E-state index is 14.8. The second kappa shape index (κ2) is 10.2. The highest BCUT2D eigenvalue weighted by Crippen LogP contribution is 2.43. The number of ether oxygens (including phenoxy) is 2. The minimum Gasteiger partial charge on any atom is -0.444 e. The van der Waals surface area contributed by atoms with Gasteiger partial charge in [0.15, 0.2) is 23.3 Å². The van der Waals surface area contributed by atoms with E-state index in [-0.39, 0.29) is 0 Å². The number of carbonyl (C=O) groups excluding carboxylic acids is 2. The van der Waals surface area contributed by atoms with E-state index in [0.29, 0.717) is 0 Å². The highest BCUT2D eigenvalue weighted by molar-refractivity contribution is 6.68. The Balaban J connectivity index is 2.26. The predicted molar refractivity (Wildman–Crippen MR) is 99.3 cm³/mol. The van der Waals surface area contributed by atoms with Crippen molar-refractivity contribution in [2.75, 3.05) is 0 Å². The number of hydrogen-bond donors (Lipinski definition) is 0. The van der Waals surface area contributed by atoms with Gasteiger partial charge in [0.2, 0.25) is 69.5 Å². The van der Waals surface area contributed by atoms with Crippen molar-refractivity contribution in [1.29, 1.82) is 0 Å². The molecular weight excluding hydrogens is 603 g/mol. The van der Waals surface area contributed by atoms with Crippen LogP contribution in [-0.2, 0) is 0 Å². The molecular formula is C20Cl2F12O4. The number of benzene rings is 3. The van der Waals surface area contributed by atoms with Gasteiger partial charge in [0.1, 0.15) is 11.1 Å². The highest BCUT2D eigenvalue weighted by atomic mass is 35.5. The summed E-state index contributed by atoms with van der Waals surface area (Å²) in [4.78, 5) is 21.9. The molecule has 202 valence electrons. The first kappa shape index (κ1) is 28.9. The van der Waals surface area contributed by atoms with E-state index in [2.05, 4.69) is 9.47 Å². The van der Waals surface area contributed by atoms with Crippen LogP contribution in [-0.4, -0.2) is 10.5 Å². The van der Waals surface area contributed by atoms with Crippen molar-refractivity contribution in [1.82, 2.24) is 0 Å². The van der Waals surface area contributed by atoms with E-state index >= 15 is 0 Å². The van der Waals surface area contributed by atoms with Crippen LogP contribution in [0.1, 0.15) is 20.7 Å². The van der Waals surface area contributed by atoms with Crippen LogP contribution < -0.4 is 9.47 Å². The molecule has 0 spiro atoms. The number of halogens is 14. The molecule has 0 unspecified atom stereocenters. The van der Waals surface area contributed by atoms with Crippen LogP contribution in [0.2, 0.25) is 0 Å². The molecule has 0 radical (unpaired) electrons. The average molecular weight is 603 g/mol. The molecule has 0 amide bonds. The van der Waals surface area contributed by atoms with Crippen molar-refractivity contribution < 1.29 is 71.7 Å². The summed E-state index contributed by atoms with van der Waals surface area (Å²) in [5, 5.41) is -4.17. The lowest BCUT2D eigenvalue weighted by atomic mass is 10.1. The van der Waals surface area contributed by atoms with Crippen LogP contribution in [0.5, 0.6) is 23.0 Å². The first-order valence-electron chi connectivity index (χ1n) is 8.87. The van der Waals surface area contributed by atoms with E-state index in [1.807, 2.05) is 0 Å². The van der Waals surface area contributed by atoms with Crippen molar-refractivity contribution in [2.45, 2.75) is 0 Å². The summed E-state index contributed by atoms with van der Waals surface area (Å²) in [6.07, 6.45) is 0. The Hall–Kier alpha value is -3.66. The molecule has 0 saturated heterocycles. The van der Waals surface area contributed by atoms with Gasteiger partial charge in [0.25, 0.3) is 10.5 Å². The zero-order chi connectivity index (χ0) is 29.0. The smallest absolute Gasteiger partial charge is 0.258 e. The molecule has 0 fully saturated rings. The van der Waals surface area contributed by atoms with Gasteiger partial charge < -0.3 is 9.47 Å². The Kier molecular flexibility index (Phi) is 7.79. The van der Waals surface area contributed by atoms with E-state index in [4.69, 9.17) is 23.2 Å². The Bertz CT molecular complexity index is 1390. The third-order valence-electron chi connectivity index (χ3n) is 4.43. The van der Waals surface area contributed by atoms with Crippen LogP contribution in [0.4, 0.5) is 52.7 Å². The summed E-state index contributed by atoms with van der Waals surface area (Å²) in [6.45, 7) is 0. The van der Waals surface area contributed by atoms with Crippen molar-refractivity contribution in [3.8, 4) is 23.0 Å². The summed E-state index contributed by atoms with van der Waals surface area (Å²) in [5.41, 5.74) is -4.06. The normalized spacial score (nSPS) is 11.1. The number of rotatable bonds is 6. The minimum atomic E-state index is -2.87. The summed E-state index contributed by atoms with van der Waals surface area (Å²) in [5.74, 6) is -42.0. The fraction of sp³-hybridized carbons (Fsp3) is 0. The second-order valence-corrected chi connectivity index (χ2v) is 7.27. The fourth-order valence-corrected chi connectivity index (χ4v) is 3.05. The molecule has 0 saturated carbocycles. The van der Waals surface area contributed by atoms with Gasteiger partial charge in [-0.3, -0.25) is 9.59 Å². The molecule has 0 heterocycles.